The molecule has 0 bridgehead atoms. The van der Waals surface area contributed by atoms with E-state index in [0.29, 0.717) is 82.1 Å². The summed E-state index contributed by atoms with van der Waals surface area (Å²) in [6.45, 7) is 36.2. The number of ether oxygens (including phenoxy) is 6. The summed E-state index contributed by atoms with van der Waals surface area (Å²) in [6, 6.07) is 0.147. The first kappa shape index (κ1) is 73.7. The highest BCUT2D eigenvalue weighted by Gasteiger charge is 2.20. The van der Waals surface area contributed by atoms with E-state index in [4.69, 9.17) is 28.4 Å². The van der Waals surface area contributed by atoms with Gasteiger partial charge in [-0.25, -0.2) is 0 Å². The summed E-state index contributed by atoms with van der Waals surface area (Å²) in [4.78, 5) is 28.2. The van der Waals surface area contributed by atoms with Crippen LogP contribution in [0.1, 0.15) is 257 Å². The van der Waals surface area contributed by atoms with Crippen LogP contribution in [0.25, 0.3) is 0 Å². The summed E-state index contributed by atoms with van der Waals surface area (Å²) in [5.41, 5.74) is 5.45. The van der Waals surface area contributed by atoms with Crippen LogP contribution in [-0.4, -0.2) is 99.9 Å². The van der Waals surface area contributed by atoms with Crippen molar-refractivity contribution < 1.29 is 43.1 Å². The van der Waals surface area contributed by atoms with Crippen LogP contribution in [0.2, 0.25) is 0 Å². The zero-order valence-corrected chi connectivity index (χ0v) is 52.1. The second-order valence-electron chi connectivity index (χ2n) is 24.2. The van der Waals surface area contributed by atoms with Crippen LogP contribution in [0, 0.1) is 29.6 Å². The monoisotopic (exact) mass is 1070 g/mol. The SMILES string of the molecule is CC(C)=CCCC(C)CCOC(CCC(=O)OCCCCCCN(CCCCCCOC(=O)CCC(OCCC(C)CCC=C(C)C)OCCC(C)CCC=C(C)C)C(CO)CC(C)C)OCCC(C)CCC=C(C)C. The first-order chi connectivity index (χ1) is 36.3. The number of aliphatic hydroxyl groups excluding tert-OH is 1. The summed E-state index contributed by atoms with van der Waals surface area (Å²) in [5, 5.41) is 10.4. The first-order valence-electron chi connectivity index (χ1n) is 31.0. The largest absolute Gasteiger partial charge is 0.466 e. The van der Waals surface area contributed by atoms with Crippen molar-refractivity contribution >= 4 is 11.9 Å². The lowest BCUT2D eigenvalue weighted by Gasteiger charge is -2.32. The van der Waals surface area contributed by atoms with Gasteiger partial charge in [-0.3, -0.25) is 14.5 Å². The minimum atomic E-state index is -0.400. The lowest BCUT2D eigenvalue weighted by atomic mass is 10.0. The molecule has 0 aliphatic heterocycles. The Kier molecular flexibility index (Phi) is 48.2. The van der Waals surface area contributed by atoms with Crippen molar-refractivity contribution in [2.75, 3.05) is 59.3 Å². The Morgan fingerprint density at radius 1 is 0.408 bits per heavy atom. The van der Waals surface area contributed by atoms with E-state index in [1.165, 1.54) is 22.3 Å². The van der Waals surface area contributed by atoms with Crippen LogP contribution in [0.15, 0.2) is 46.6 Å². The maximum Gasteiger partial charge on any atom is 0.305 e. The number of esters is 2. The van der Waals surface area contributed by atoms with Crippen molar-refractivity contribution in [1.29, 1.82) is 0 Å². The number of unbranched alkanes of at least 4 members (excludes halogenated alkanes) is 6. The van der Waals surface area contributed by atoms with E-state index >= 15 is 0 Å². The third kappa shape index (κ3) is 48.8. The van der Waals surface area contributed by atoms with Gasteiger partial charge in [-0.15, -0.1) is 0 Å². The predicted octanol–water partition coefficient (Wildman–Crippen LogP) is 17.3. The molecule has 0 aromatic carbocycles. The summed E-state index contributed by atoms with van der Waals surface area (Å²) in [5.74, 6) is 2.39. The van der Waals surface area contributed by atoms with Gasteiger partial charge in [-0.1, -0.05) is 114 Å². The number of aliphatic hydroxyl groups is 1. The Morgan fingerprint density at radius 3 is 0.987 bits per heavy atom. The highest BCUT2D eigenvalue weighted by atomic mass is 16.7. The van der Waals surface area contributed by atoms with Gasteiger partial charge in [0.25, 0.3) is 0 Å². The fourth-order valence-electron chi connectivity index (χ4n) is 9.12. The number of hydrogen-bond donors (Lipinski definition) is 1. The van der Waals surface area contributed by atoms with Gasteiger partial charge in [0.05, 0.1) is 32.7 Å². The smallest absolute Gasteiger partial charge is 0.305 e. The van der Waals surface area contributed by atoms with Gasteiger partial charge in [0.1, 0.15) is 0 Å². The number of carbonyl (C=O) groups excluding carboxylic acids is 2. The average molecular weight is 1070 g/mol. The molecule has 0 saturated carbocycles. The number of nitrogens with zero attached hydrogens (tertiary/aromatic N) is 1. The van der Waals surface area contributed by atoms with Crippen LogP contribution in [-0.2, 0) is 38.0 Å². The second-order valence-corrected chi connectivity index (χ2v) is 24.2. The number of allylic oxidation sites excluding steroid dienone is 8. The maximum atomic E-state index is 12.8. The van der Waals surface area contributed by atoms with Crippen LogP contribution in [0.4, 0.5) is 0 Å². The Morgan fingerprint density at radius 2 is 0.711 bits per heavy atom. The van der Waals surface area contributed by atoms with Gasteiger partial charge in [0.2, 0.25) is 0 Å². The van der Waals surface area contributed by atoms with E-state index in [2.05, 4.69) is 126 Å². The summed E-state index contributed by atoms with van der Waals surface area (Å²) in [6.07, 6.45) is 31.6. The molecular weight excluding hydrogens is 951 g/mol. The molecule has 0 heterocycles. The van der Waals surface area contributed by atoms with Crippen LogP contribution >= 0.6 is 0 Å². The minimum Gasteiger partial charge on any atom is -0.466 e. The topological polar surface area (TPSA) is 113 Å². The first-order valence-corrected chi connectivity index (χ1v) is 31.0. The van der Waals surface area contributed by atoms with E-state index < -0.39 is 12.6 Å². The Labute approximate surface area is 469 Å². The molecule has 0 fully saturated rings. The van der Waals surface area contributed by atoms with Crippen LogP contribution < -0.4 is 0 Å². The van der Waals surface area contributed by atoms with E-state index in [1.54, 1.807) is 0 Å². The molecule has 1 N–H and O–H groups in total. The van der Waals surface area contributed by atoms with Crippen LogP contribution in [0.3, 0.4) is 0 Å². The molecule has 5 unspecified atom stereocenters. The molecule has 5 atom stereocenters. The van der Waals surface area contributed by atoms with Gasteiger partial charge in [-0.05, 0) is 207 Å². The van der Waals surface area contributed by atoms with Gasteiger partial charge in [-0.2, -0.15) is 0 Å². The molecule has 0 amide bonds. The molecular formula is C66H123NO9. The maximum absolute atomic E-state index is 12.8. The average Bonchev–Trinajstić information content (AvgIpc) is 3.34. The summed E-state index contributed by atoms with van der Waals surface area (Å²) in [7, 11) is 0. The molecule has 76 heavy (non-hydrogen) atoms. The van der Waals surface area contributed by atoms with Crippen molar-refractivity contribution in [3.05, 3.63) is 46.6 Å². The summed E-state index contributed by atoms with van der Waals surface area (Å²) < 4.78 is 36.3. The quantitative estimate of drug-likeness (QED) is 0.0273. The zero-order valence-electron chi connectivity index (χ0n) is 52.1. The Bertz CT molecular complexity index is 1340. The molecule has 0 aromatic heterocycles. The lowest BCUT2D eigenvalue weighted by Crippen LogP contribution is -2.40. The summed E-state index contributed by atoms with van der Waals surface area (Å²) >= 11 is 0. The third-order valence-corrected chi connectivity index (χ3v) is 14.4. The fourth-order valence-corrected chi connectivity index (χ4v) is 9.12. The standard InChI is InChI=1S/C66H123NO9/c1-53(2)27-23-31-58(11)39-47-73-65(74-48-40-59(12)32-24-28-54(3)4)37-35-63(69)71-45-21-17-15-19-43-67(62(52-68)51-57(9)10)44-20-16-18-22-46-72-64(70)36-38-66(75-49-41-60(13)33-25-29-55(5)6)76-50-42-61(14)34-26-30-56(7)8/h27-30,57-62,65-66,68H,15-26,31-52H2,1-14H3. The van der Waals surface area contributed by atoms with E-state index in [9.17, 15) is 14.7 Å². The third-order valence-electron chi connectivity index (χ3n) is 14.4. The fraction of sp³-hybridized carbons (Fsp3) is 0.848. The molecule has 10 nitrogen and oxygen atoms in total. The van der Waals surface area contributed by atoms with Crippen molar-refractivity contribution in [3.8, 4) is 0 Å². The molecule has 0 aromatic rings. The second kappa shape index (κ2) is 49.7. The van der Waals surface area contributed by atoms with Crippen LogP contribution in [0.5, 0.6) is 0 Å². The van der Waals surface area contributed by atoms with Crippen molar-refractivity contribution in [3.63, 3.8) is 0 Å². The number of rotatable bonds is 52. The normalized spacial score (nSPS) is 14.4. The van der Waals surface area contributed by atoms with E-state index in [-0.39, 0.29) is 37.4 Å². The predicted molar refractivity (Wildman–Crippen MR) is 320 cm³/mol. The number of carbonyl (C=O) groups is 2. The Balaban J connectivity index is 4.82. The van der Waals surface area contributed by atoms with Crippen molar-refractivity contribution in [2.45, 2.75) is 276 Å². The molecule has 0 saturated heterocycles. The van der Waals surface area contributed by atoms with E-state index in [1.807, 2.05) is 0 Å². The molecule has 0 rings (SSSR count). The molecule has 10 heteroatoms. The number of hydrogen-bond acceptors (Lipinski definition) is 10. The van der Waals surface area contributed by atoms with Crippen molar-refractivity contribution in [1.82, 2.24) is 4.90 Å². The highest BCUT2D eigenvalue weighted by Crippen LogP contribution is 2.20. The molecule has 0 aliphatic carbocycles. The van der Waals surface area contributed by atoms with Gasteiger partial charge in [0, 0.05) is 45.3 Å². The minimum absolute atomic E-state index is 0.147. The van der Waals surface area contributed by atoms with Gasteiger partial charge in [0.15, 0.2) is 12.6 Å². The lowest BCUT2D eigenvalue weighted by molar-refractivity contribution is -0.161. The molecule has 0 aliphatic rings. The van der Waals surface area contributed by atoms with E-state index in [0.717, 1.165) is 148 Å². The molecule has 0 radical (unpaired) electrons. The highest BCUT2D eigenvalue weighted by molar-refractivity contribution is 5.69. The van der Waals surface area contributed by atoms with Crippen molar-refractivity contribution in [2.24, 2.45) is 29.6 Å². The molecule has 446 valence electrons. The zero-order chi connectivity index (χ0) is 56.8. The molecule has 0 spiro atoms. The Hall–Kier alpha value is -2.34. The van der Waals surface area contributed by atoms with Gasteiger partial charge >= 0.3 is 11.9 Å². The van der Waals surface area contributed by atoms with Gasteiger partial charge < -0.3 is 33.5 Å².